The summed E-state index contributed by atoms with van der Waals surface area (Å²) in [5, 5.41) is 8.04. The fourth-order valence-electron chi connectivity index (χ4n) is 1.87. The van der Waals surface area contributed by atoms with E-state index in [1.54, 1.807) is 0 Å². The molecule has 1 heterocycles. The third-order valence-corrected chi connectivity index (χ3v) is 2.91. The van der Waals surface area contributed by atoms with Crippen molar-refractivity contribution in [1.29, 1.82) is 0 Å². The number of hydrogen-bond acceptors (Lipinski definition) is 2. The minimum Gasteiger partial charge on any atom is -0.314 e. The van der Waals surface area contributed by atoms with Gasteiger partial charge in [0.05, 0.1) is 11.7 Å². The van der Waals surface area contributed by atoms with Crippen LogP contribution in [0.4, 0.5) is 0 Å². The lowest BCUT2D eigenvalue weighted by Gasteiger charge is -2.12. The molecule has 0 aliphatic heterocycles. The molecule has 0 aliphatic rings. The predicted molar refractivity (Wildman–Crippen MR) is 68.7 cm³/mol. The number of nitrogens with zero attached hydrogens (tertiary/aromatic N) is 2. The molecule has 0 aromatic carbocycles. The molecule has 16 heavy (non-hydrogen) atoms. The Morgan fingerprint density at radius 2 is 2.00 bits per heavy atom. The fraction of sp³-hybridized carbons (Fsp3) is 0.769. The molecule has 0 amide bonds. The predicted octanol–water partition coefficient (Wildman–Crippen LogP) is 2.78. The summed E-state index contributed by atoms with van der Waals surface area (Å²) in [6.45, 7) is 9.79. The van der Waals surface area contributed by atoms with Crippen molar-refractivity contribution in [2.75, 3.05) is 6.54 Å². The zero-order valence-electron chi connectivity index (χ0n) is 11.0. The van der Waals surface area contributed by atoms with Crippen molar-refractivity contribution in [2.45, 2.75) is 59.0 Å². The lowest BCUT2D eigenvalue weighted by Crippen LogP contribution is -2.25. The van der Waals surface area contributed by atoms with Crippen LogP contribution in [0.2, 0.25) is 0 Å². The highest BCUT2D eigenvalue weighted by molar-refractivity contribution is 5.00. The molecule has 0 spiro atoms. The zero-order chi connectivity index (χ0) is 12.0. The molecular weight excluding hydrogens is 198 g/mol. The maximum absolute atomic E-state index is 4.63. The summed E-state index contributed by atoms with van der Waals surface area (Å²) in [6.07, 6.45) is 5.44. The Labute approximate surface area is 99.2 Å². The van der Waals surface area contributed by atoms with Gasteiger partial charge in [0.2, 0.25) is 0 Å². The molecule has 0 radical (unpaired) electrons. The van der Waals surface area contributed by atoms with Crippen LogP contribution in [0.5, 0.6) is 0 Å². The first kappa shape index (κ1) is 13.2. The molecule has 0 saturated carbocycles. The Morgan fingerprint density at radius 1 is 1.31 bits per heavy atom. The van der Waals surface area contributed by atoms with Gasteiger partial charge in [0.25, 0.3) is 0 Å². The van der Waals surface area contributed by atoms with Crippen LogP contribution in [-0.2, 0) is 6.42 Å². The minimum absolute atomic E-state index is 0.557. The van der Waals surface area contributed by atoms with Crippen molar-refractivity contribution in [1.82, 2.24) is 15.1 Å². The lowest BCUT2D eigenvalue weighted by molar-refractivity contribution is 0.425. The minimum atomic E-state index is 0.557. The molecule has 1 aromatic rings. The van der Waals surface area contributed by atoms with Gasteiger partial charge in [-0.25, -0.2) is 0 Å². The molecule has 1 N–H and O–H groups in total. The second kappa shape index (κ2) is 6.69. The molecule has 3 heteroatoms. The van der Waals surface area contributed by atoms with Crippen molar-refractivity contribution in [3.63, 3.8) is 0 Å². The van der Waals surface area contributed by atoms with E-state index in [1.165, 1.54) is 5.69 Å². The second-order valence-electron chi connectivity index (χ2n) is 4.62. The van der Waals surface area contributed by atoms with Gasteiger partial charge >= 0.3 is 0 Å². The van der Waals surface area contributed by atoms with Crippen molar-refractivity contribution < 1.29 is 0 Å². The van der Waals surface area contributed by atoms with Gasteiger partial charge in [-0.3, -0.25) is 4.68 Å². The number of hydrogen-bond donors (Lipinski definition) is 1. The standard InChI is InChI=1S/C13H25N3/c1-5-13(6-2)16-10-8-12(15-16)7-9-14-11(3)4/h8,10-11,13-14H,5-7,9H2,1-4H3. The van der Waals surface area contributed by atoms with Crippen molar-refractivity contribution >= 4 is 0 Å². The van der Waals surface area contributed by atoms with E-state index >= 15 is 0 Å². The van der Waals surface area contributed by atoms with Gasteiger partial charge in [0.1, 0.15) is 0 Å². The lowest BCUT2D eigenvalue weighted by atomic mass is 10.2. The van der Waals surface area contributed by atoms with Crippen molar-refractivity contribution in [2.24, 2.45) is 0 Å². The van der Waals surface area contributed by atoms with Crippen LogP contribution in [-0.4, -0.2) is 22.4 Å². The Morgan fingerprint density at radius 3 is 2.56 bits per heavy atom. The fourth-order valence-corrected chi connectivity index (χ4v) is 1.87. The summed E-state index contributed by atoms with van der Waals surface area (Å²) in [6, 6.07) is 3.26. The topological polar surface area (TPSA) is 29.9 Å². The van der Waals surface area contributed by atoms with Crippen molar-refractivity contribution in [3.05, 3.63) is 18.0 Å². The van der Waals surface area contributed by atoms with Crippen molar-refractivity contribution in [3.8, 4) is 0 Å². The Balaban J connectivity index is 2.44. The molecule has 1 rings (SSSR count). The average Bonchev–Trinajstić information content (AvgIpc) is 2.68. The first-order valence-electron chi connectivity index (χ1n) is 6.44. The van der Waals surface area contributed by atoms with E-state index in [1.807, 2.05) is 0 Å². The maximum Gasteiger partial charge on any atom is 0.0637 e. The Kier molecular flexibility index (Phi) is 5.53. The molecule has 0 aliphatic carbocycles. The Bertz CT molecular complexity index is 287. The van der Waals surface area contributed by atoms with Crippen LogP contribution in [0.25, 0.3) is 0 Å². The van der Waals surface area contributed by atoms with E-state index in [-0.39, 0.29) is 0 Å². The Hall–Kier alpha value is -0.830. The van der Waals surface area contributed by atoms with E-state index in [0.717, 1.165) is 25.8 Å². The smallest absolute Gasteiger partial charge is 0.0637 e. The van der Waals surface area contributed by atoms with Crippen LogP contribution in [0.3, 0.4) is 0 Å². The van der Waals surface area contributed by atoms with Crippen LogP contribution in [0.15, 0.2) is 12.3 Å². The van der Waals surface area contributed by atoms with Crippen LogP contribution < -0.4 is 5.32 Å². The SMILES string of the molecule is CCC(CC)n1ccc(CCNC(C)C)n1. The number of nitrogens with one attached hydrogen (secondary N) is 1. The molecule has 0 fully saturated rings. The molecule has 3 nitrogen and oxygen atoms in total. The van der Waals surface area contributed by atoms with Crippen LogP contribution in [0, 0.1) is 0 Å². The summed E-state index contributed by atoms with van der Waals surface area (Å²) in [5.74, 6) is 0. The van der Waals surface area contributed by atoms with Gasteiger partial charge in [-0.1, -0.05) is 27.7 Å². The normalized spacial score (nSPS) is 11.6. The van der Waals surface area contributed by atoms with Gasteiger partial charge in [0.15, 0.2) is 0 Å². The molecule has 0 saturated heterocycles. The average molecular weight is 223 g/mol. The number of rotatable bonds is 7. The first-order chi connectivity index (χ1) is 7.67. The summed E-state index contributed by atoms with van der Waals surface area (Å²) >= 11 is 0. The zero-order valence-corrected chi connectivity index (χ0v) is 11.0. The maximum atomic E-state index is 4.63. The highest BCUT2D eigenvalue weighted by atomic mass is 15.3. The molecule has 0 atom stereocenters. The van der Waals surface area contributed by atoms with Crippen LogP contribution in [0.1, 0.15) is 52.3 Å². The molecular formula is C13H25N3. The van der Waals surface area contributed by atoms with E-state index in [9.17, 15) is 0 Å². The van der Waals surface area contributed by atoms with Gasteiger partial charge in [-0.05, 0) is 18.9 Å². The van der Waals surface area contributed by atoms with E-state index in [2.05, 4.69) is 55.1 Å². The molecule has 92 valence electrons. The molecule has 0 bridgehead atoms. The monoisotopic (exact) mass is 223 g/mol. The highest BCUT2D eigenvalue weighted by Crippen LogP contribution is 2.14. The van der Waals surface area contributed by atoms with Gasteiger partial charge < -0.3 is 5.32 Å². The second-order valence-corrected chi connectivity index (χ2v) is 4.62. The van der Waals surface area contributed by atoms with E-state index < -0.39 is 0 Å². The summed E-state index contributed by atoms with van der Waals surface area (Å²) < 4.78 is 2.12. The molecule has 0 unspecified atom stereocenters. The summed E-state index contributed by atoms with van der Waals surface area (Å²) in [4.78, 5) is 0. The third kappa shape index (κ3) is 3.97. The number of aromatic nitrogens is 2. The van der Waals surface area contributed by atoms with Crippen LogP contribution >= 0.6 is 0 Å². The van der Waals surface area contributed by atoms with Gasteiger partial charge in [-0.15, -0.1) is 0 Å². The first-order valence-corrected chi connectivity index (χ1v) is 6.44. The van der Waals surface area contributed by atoms with Gasteiger partial charge in [-0.2, -0.15) is 5.10 Å². The summed E-state index contributed by atoms with van der Waals surface area (Å²) in [5.41, 5.74) is 1.19. The third-order valence-electron chi connectivity index (χ3n) is 2.91. The highest BCUT2D eigenvalue weighted by Gasteiger charge is 2.07. The summed E-state index contributed by atoms with van der Waals surface area (Å²) in [7, 11) is 0. The van der Waals surface area contributed by atoms with E-state index in [0.29, 0.717) is 12.1 Å². The largest absolute Gasteiger partial charge is 0.314 e. The van der Waals surface area contributed by atoms with E-state index in [4.69, 9.17) is 0 Å². The molecule has 1 aromatic heterocycles. The quantitative estimate of drug-likeness (QED) is 0.770. The van der Waals surface area contributed by atoms with Gasteiger partial charge in [0, 0.05) is 25.2 Å².